The van der Waals surface area contributed by atoms with Gasteiger partial charge in [0.15, 0.2) is 5.82 Å². The Morgan fingerprint density at radius 2 is 1.72 bits per heavy atom. The second-order valence-corrected chi connectivity index (χ2v) is 7.67. The van der Waals surface area contributed by atoms with E-state index in [4.69, 9.17) is 0 Å². The van der Waals surface area contributed by atoms with E-state index in [2.05, 4.69) is 50.7 Å². The summed E-state index contributed by atoms with van der Waals surface area (Å²) in [5.41, 5.74) is 3.47. The molecule has 4 rings (SSSR count). The van der Waals surface area contributed by atoms with Crippen molar-refractivity contribution >= 4 is 11.7 Å². The lowest BCUT2D eigenvalue weighted by atomic mass is 10.0. The lowest BCUT2D eigenvalue weighted by Gasteiger charge is -2.32. The second-order valence-electron chi connectivity index (χ2n) is 7.67. The van der Waals surface area contributed by atoms with Gasteiger partial charge in [-0.25, -0.2) is 0 Å². The summed E-state index contributed by atoms with van der Waals surface area (Å²) in [5.74, 6) is 1.15. The first-order valence-electron chi connectivity index (χ1n) is 10.5. The quantitative estimate of drug-likeness (QED) is 0.638. The fraction of sp³-hybridized carbons (Fsp3) is 0.333. The van der Waals surface area contributed by atoms with E-state index < -0.39 is 0 Å². The zero-order valence-corrected chi connectivity index (χ0v) is 16.7. The molecule has 0 saturated carbocycles. The molecule has 0 radical (unpaired) electrons. The third-order valence-electron chi connectivity index (χ3n) is 5.55. The van der Waals surface area contributed by atoms with Gasteiger partial charge in [-0.2, -0.15) is 5.10 Å². The zero-order valence-electron chi connectivity index (χ0n) is 16.7. The van der Waals surface area contributed by atoms with Gasteiger partial charge < -0.3 is 10.2 Å². The number of H-pyrrole nitrogens is 1. The molecule has 0 aliphatic carbocycles. The maximum absolute atomic E-state index is 12.3. The molecule has 5 nitrogen and oxygen atoms in total. The van der Waals surface area contributed by atoms with E-state index in [9.17, 15) is 4.79 Å². The normalized spacial score (nSPS) is 14.7. The molecule has 1 saturated heterocycles. The number of benzene rings is 2. The predicted octanol–water partition coefficient (Wildman–Crippen LogP) is 4.18. The summed E-state index contributed by atoms with van der Waals surface area (Å²) in [4.78, 5) is 14.6. The van der Waals surface area contributed by atoms with Gasteiger partial charge in [-0.3, -0.25) is 9.89 Å². The Morgan fingerprint density at radius 3 is 2.45 bits per heavy atom. The predicted molar refractivity (Wildman–Crippen MR) is 117 cm³/mol. The molecule has 3 aromatic rings. The molecule has 2 heterocycles. The molecule has 0 unspecified atom stereocenters. The fourth-order valence-corrected chi connectivity index (χ4v) is 3.89. The van der Waals surface area contributed by atoms with E-state index in [0.717, 1.165) is 55.8 Å². The fourth-order valence-electron chi connectivity index (χ4n) is 3.89. The standard InChI is InChI=1S/C24H28N4O/c29-24(13-7-10-19-8-3-1-4-9-19)25-21-14-16-28(17-15-21)23-18-22(26-27-23)20-11-5-2-6-12-20/h1-6,8-9,11-12,18,21H,7,10,13-17H2,(H,25,29)(H,26,27). The van der Waals surface area contributed by atoms with Crippen LogP contribution in [0.2, 0.25) is 0 Å². The van der Waals surface area contributed by atoms with Gasteiger partial charge in [-0.15, -0.1) is 0 Å². The second kappa shape index (κ2) is 9.41. The lowest BCUT2D eigenvalue weighted by Crippen LogP contribution is -2.44. The van der Waals surface area contributed by atoms with Crippen molar-refractivity contribution in [1.82, 2.24) is 15.5 Å². The molecule has 1 fully saturated rings. The molecular weight excluding hydrogens is 360 g/mol. The van der Waals surface area contributed by atoms with Gasteiger partial charge >= 0.3 is 0 Å². The Bertz CT molecular complexity index is 899. The molecule has 1 aliphatic heterocycles. The third kappa shape index (κ3) is 5.25. The van der Waals surface area contributed by atoms with E-state index in [1.54, 1.807) is 0 Å². The number of nitrogens with one attached hydrogen (secondary N) is 2. The van der Waals surface area contributed by atoms with Crippen LogP contribution < -0.4 is 10.2 Å². The number of hydrogen-bond donors (Lipinski definition) is 2. The first-order valence-corrected chi connectivity index (χ1v) is 10.5. The minimum Gasteiger partial charge on any atom is -0.355 e. The van der Waals surface area contributed by atoms with Gasteiger partial charge in [-0.1, -0.05) is 60.7 Å². The summed E-state index contributed by atoms with van der Waals surface area (Å²) < 4.78 is 0. The number of amides is 1. The number of aromatic nitrogens is 2. The highest BCUT2D eigenvalue weighted by Gasteiger charge is 2.22. The highest BCUT2D eigenvalue weighted by Crippen LogP contribution is 2.24. The van der Waals surface area contributed by atoms with Crippen molar-refractivity contribution in [3.05, 3.63) is 72.3 Å². The van der Waals surface area contributed by atoms with Gasteiger partial charge in [-0.05, 0) is 36.8 Å². The number of hydrogen-bond acceptors (Lipinski definition) is 3. The van der Waals surface area contributed by atoms with E-state index >= 15 is 0 Å². The summed E-state index contributed by atoms with van der Waals surface area (Å²) in [5, 5.41) is 10.8. The molecule has 0 atom stereocenters. The number of aryl methyl sites for hydroxylation is 1. The molecule has 0 bridgehead atoms. The summed E-state index contributed by atoms with van der Waals surface area (Å²) in [6.45, 7) is 1.82. The van der Waals surface area contributed by atoms with Gasteiger partial charge in [0.25, 0.3) is 0 Å². The van der Waals surface area contributed by atoms with Crippen LogP contribution in [0, 0.1) is 0 Å². The van der Waals surface area contributed by atoms with Gasteiger partial charge in [0.05, 0.1) is 5.69 Å². The average molecular weight is 389 g/mol. The molecule has 5 heteroatoms. The monoisotopic (exact) mass is 388 g/mol. The Morgan fingerprint density at radius 1 is 1.03 bits per heavy atom. The van der Waals surface area contributed by atoms with Crippen LogP contribution in [-0.2, 0) is 11.2 Å². The van der Waals surface area contributed by atoms with Crippen molar-refractivity contribution in [2.45, 2.75) is 38.1 Å². The van der Waals surface area contributed by atoms with Gasteiger partial charge in [0.2, 0.25) is 5.91 Å². The van der Waals surface area contributed by atoms with Crippen molar-refractivity contribution in [3.63, 3.8) is 0 Å². The lowest BCUT2D eigenvalue weighted by molar-refractivity contribution is -0.122. The van der Waals surface area contributed by atoms with Crippen LogP contribution in [0.3, 0.4) is 0 Å². The van der Waals surface area contributed by atoms with Crippen LogP contribution in [0.25, 0.3) is 11.3 Å². The number of nitrogens with zero attached hydrogens (tertiary/aromatic N) is 2. The Labute approximate surface area is 172 Å². The van der Waals surface area contributed by atoms with Crippen LogP contribution in [0.5, 0.6) is 0 Å². The smallest absolute Gasteiger partial charge is 0.220 e. The van der Waals surface area contributed by atoms with Crippen molar-refractivity contribution in [1.29, 1.82) is 0 Å². The van der Waals surface area contributed by atoms with Crippen LogP contribution in [0.15, 0.2) is 66.7 Å². The topological polar surface area (TPSA) is 61.0 Å². The minimum absolute atomic E-state index is 0.172. The van der Waals surface area contributed by atoms with E-state index in [1.807, 2.05) is 36.4 Å². The highest BCUT2D eigenvalue weighted by molar-refractivity contribution is 5.76. The average Bonchev–Trinajstić information content (AvgIpc) is 3.26. The molecular formula is C24H28N4O. The number of rotatable bonds is 7. The summed E-state index contributed by atoms with van der Waals surface area (Å²) in [6, 6.07) is 23.0. The molecule has 150 valence electrons. The minimum atomic E-state index is 0.172. The first kappa shape index (κ1) is 19.2. The Hall–Kier alpha value is -3.08. The summed E-state index contributed by atoms with van der Waals surface area (Å²) >= 11 is 0. The highest BCUT2D eigenvalue weighted by atomic mass is 16.1. The number of aromatic amines is 1. The molecule has 1 aliphatic rings. The first-order chi connectivity index (χ1) is 14.3. The summed E-state index contributed by atoms with van der Waals surface area (Å²) in [7, 11) is 0. The largest absolute Gasteiger partial charge is 0.355 e. The van der Waals surface area contributed by atoms with E-state index in [0.29, 0.717) is 6.42 Å². The Balaban J connectivity index is 1.20. The number of carbonyl (C=O) groups excluding carboxylic acids is 1. The molecule has 29 heavy (non-hydrogen) atoms. The van der Waals surface area contributed by atoms with Crippen molar-refractivity contribution in [3.8, 4) is 11.3 Å². The number of carbonyl (C=O) groups is 1. The third-order valence-corrected chi connectivity index (χ3v) is 5.55. The van der Waals surface area contributed by atoms with Gasteiger partial charge in [0.1, 0.15) is 0 Å². The molecule has 2 N–H and O–H groups in total. The maximum atomic E-state index is 12.3. The van der Waals surface area contributed by atoms with Crippen LogP contribution in [0.4, 0.5) is 5.82 Å². The van der Waals surface area contributed by atoms with Crippen LogP contribution in [0.1, 0.15) is 31.2 Å². The Kier molecular flexibility index (Phi) is 6.25. The number of anilines is 1. The van der Waals surface area contributed by atoms with Crippen LogP contribution >= 0.6 is 0 Å². The molecule has 1 aromatic heterocycles. The number of piperidine rings is 1. The van der Waals surface area contributed by atoms with Crippen molar-refractivity contribution in [2.24, 2.45) is 0 Å². The summed E-state index contributed by atoms with van der Waals surface area (Å²) in [6.07, 6.45) is 4.35. The zero-order chi connectivity index (χ0) is 19.9. The molecule has 2 aromatic carbocycles. The van der Waals surface area contributed by atoms with Crippen molar-refractivity contribution < 1.29 is 4.79 Å². The SMILES string of the molecule is O=C(CCCc1ccccc1)NC1CCN(c2cc(-c3ccccc3)[nH]n2)CC1. The van der Waals surface area contributed by atoms with E-state index in [1.165, 1.54) is 5.56 Å². The molecule has 0 spiro atoms. The van der Waals surface area contributed by atoms with Crippen LogP contribution in [-0.4, -0.2) is 35.2 Å². The maximum Gasteiger partial charge on any atom is 0.220 e. The van der Waals surface area contributed by atoms with Gasteiger partial charge in [0, 0.05) is 31.6 Å². The van der Waals surface area contributed by atoms with E-state index in [-0.39, 0.29) is 11.9 Å². The van der Waals surface area contributed by atoms with Crippen molar-refractivity contribution in [2.75, 3.05) is 18.0 Å². The molecule has 1 amide bonds.